The van der Waals surface area contributed by atoms with Crippen molar-refractivity contribution in [3.8, 4) is 0 Å². The third-order valence-corrected chi connectivity index (χ3v) is 4.13. The topological polar surface area (TPSA) is 89.3 Å². The van der Waals surface area contributed by atoms with Crippen LogP contribution in [0.4, 0.5) is 0 Å². The van der Waals surface area contributed by atoms with Gasteiger partial charge in [0.15, 0.2) is 9.84 Å². The van der Waals surface area contributed by atoms with Crippen molar-refractivity contribution < 1.29 is 13.2 Å². The van der Waals surface area contributed by atoms with Crippen molar-refractivity contribution in [1.82, 2.24) is 5.32 Å². The number of hydrogen-bond donors (Lipinski definition) is 2. The number of carbonyl (C=O) groups excluding carboxylic acids is 1. The fourth-order valence-electron chi connectivity index (χ4n) is 1.30. The number of sulfone groups is 1. The van der Waals surface area contributed by atoms with E-state index in [2.05, 4.69) is 5.32 Å². The van der Waals surface area contributed by atoms with Crippen LogP contribution in [0.15, 0.2) is 0 Å². The van der Waals surface area contributed by atoms with Gasteiger partial charge in [0.1, 0.15) is 0 Å². The summed E-state index contributed by atoms with van der Waals surface area (Å²) in [6.07, 6.45) is 1.40. The molecule has 0 bridgehead atoms. The molecule has 96 valence electrons. The lowest BCUT2D eigenvalue weighted by Crippen LogP contribution is -2.52. The second-order valence-corrected chi connectivity index (χ2v) is 6.63. The highest BCUT2D eigenvalue weighted by atomic mass is 32.2. The van der Waals surface area contributed by atoms with E-state index in [1.54, 1.807) is 13.8 Å². The van der Waals surface area contributed by atoms with Crippen molar-refractivity contribution >= 4 is 15.7 Å². The van der Waals surface area contributed by atoms with E-state index in [1.807, 2.05) is 6.92 Å². The van der Waals surface area contributed by atoms with Crippen molar-refractivity contribution in [2.45, 2.75) is 39.2 Å². The third kappa shape index (κ3) is 5.46. The van der Waals surface area contributed by atoms with Gasteiger partial charge in [-0.25, -0.2) is 8.42 Å². The Morgan fingerprint density at radius 3 is 2.38 bits per heavy atom. The standard InChI is InChI=1S/C10H22N2O3S/c1-4-6-10(3,11)9(13)12-7-8-16(14,15)5-2/h4-8,11H2,1-3H3,(H,12,13). The molecule has 0 rings (SSSR count). The SMILES string of the molecule is CCCC(C)(N)C(=O)NCCS(=O)(=O)CC. The van der Waals surface area contributed by atoms with Crippen LogP contribution in [0.25, 0.3) is 0 Å². The van der Waals surface area contributed by atoms with Crippen LogP contribution < -0.4 is 11.1 Å². The molecule has 0 fully saturated rings. The first-order valence-corrected chi connectivity index (χ1v) is 7.35. The highest BCUT2D eigenvalue weighted by Crippen LogP contribution is 2.07. The summed E-state index contributed by atoms with van der Waals surface area (Å²) in [5, 5.41) is 2.56. The molecule has 0 spiro atoms. The predicted octanol–water partition coefficient (Wildman–Crippen LogP) is 0.0548. The van der Waals surface area contributed by atoms with Gasteiger partial charge in [0.05, 0.1) is 11.3 Å². The minimum atomic E-state index is -3.03. The van der Waals surface area contributed by atoms with Gasteiger partial charge in [-0.2, -0.15) is 0 Å². The fraction of sp³-hybridized carbons (Fsp3) is 0.900. The second kappa shape index (κ2) is 6.20. The van der Waals surface area contributed by atoms with Crippen molar-refractivity contribution in [3.63, 3.8) is 0 Å². The molecule has 0 aromatic rings. The van der Waals surface area contributed by atoms with E-state index in [1.165, 1.54) is 0 Å². The van der Waals surface area contributed by atoms with Gasteiger partial charge in [0, 0.05) is 12.3 Å². The Morgan fingerprint density at radius 2 is 1.94 bits per heavy atom. The van der Waals surface area contributed by atoms with Gasteiger partial charge < -0.3 is 11.1 Å². The van der Waals surface area contributed by atoms with E-state index < -0.39 is 15.4 Å². The van der Waals surface area contributed by atoms with Gasteiger partial charge in [-0.05, 0) is 13.3 Å². The van der Waals surface area contributed by atoms with Crippen molar-refractivity contribution in [1.29, 1.82) is 0 Å². The average Bonchev–Trinajstić information content (AvgIpc) is 2.17. The van der Waals surface area contributed by atoms with Crippen molar-refractivity contribution in [2.24, 2.45) is 5.73 Å². The summed E-state index contributed by atoms with van der Waals surface area (Å²) in [6.45, 7) is 5.31. The molecule has 0 radical (unpaired) electrons. The number of nitrogens with two attached hydrogens (primary N) is 1. The number of carbonyl (C=O) groups is 1. The van der Waals surface area contributed by atoms with Crippen LogP contribution in [0.1, 0.15) is 33.6 Å². The molecule has 6 heteroatoms. The zero-order valence-corrected chi connectivity index (χ0v) is 11.1. The monoisotopic (exact) mass is 250 g/mol. The Bertz CT molecular complexity index is 323. The normalized spacial score (nSPS) is 15.5. The Labute approximate surface area is 97.7 Å². The molecule has 0 aliphatic carbocycles. The van der Waals surface area contributed by atoms with Crippen LogP contribution in [0.5, 0.6) is 0 Å². The van der Waals surface area contributed by atoms with Gasteiger partial charge in [-0.15, -0.1) is 0 Å². The number of amides is 1. The molecule has 1 atom stereocenters. The number of nitrogens with one attached hydrogen (secondary N) is 1. The zero-order valence-electron chi connectivity index (χ0n) is 10.2. The molecule has 0 aliphatic rings. The van der Waals surface area contributed by atoms with Gasteiger partial charge in [0.2, 0.25) is 5.91 Å². The lowest BCUT2D eigenvalue weighted by molar-refractivity contribution is -0.125. The molecule has 1 unspecified atom stereocenters. The first-order chi connectivity index (χ1) is 7.25. The molecule has 0 aliphatic heterocycles. The molecule has 0 aromatic heterocycles. The fourth-order valence-corrected chi connectivity index (χ4v) is 2.00. The van der Waals surface area contributed by atoms with Crippen LogP contribution >= 0.6 is 0 Å². The van der Waals surface area contributed by atoms with E-state index in [0.29, 0.717) is 6.42 Å². The minimum absolute atomic E-state index is 0.0303. The average molecular weight is 250 g/mol. The molecule has 16 heavy (non-hydrogen) atoms. The highest BCUT2D eigenvalue weighted by Gasteiger charge is 2.26. The molecule has 3 N–H and O–H groups in total. The number of hydrogen-bond acceptors (Lipinski definition) is 4. The minimum Gasteiger partial charge on any atom is -0.353 e. The Balaban J connectivity index is 4.09. The lowest BCUT2D eigenvalue weighted by atomic mass is 9.97. The van der Waals surface area contributed by atoms with E-state index in [-0.39, 0.29) is 24.0 Å². The first-order valence-electron chi connectivity index (χ1n) is 5.52. The van der Waals surface area contributed by atoms with E-state index in [0.717, 1.165) is 6.42 Å². The number of rotatable bonds is 7. The maximum atomic E-state index is 11.6. The summed E-state index contributed by atoms with van der Waals surface area (Å²) >= 11 is 0. The Morgan fingerprint density at radius 1 is 1.38 bits per heavy atom. The molecule has 0 saturated carbocycles. The summed E-state index contributed by atoms with van der Waals surface area (Å²) in [5.41, 5.74) is 4.88. The van der Waals surface area contributed by atoms with Crippen molar-refractivity contribution in [3.05, 3.63) is 0 Å². The Kier molecular flexibility index (Phi) is 5.96. The van der Waals surface area contributed by atoms with Crippen molar-refractivity contribution in [2.75, 3.05) is 18.1 Å². The summed E-state index contributed by atoms with van der Waals surface area (Å²) in [5.74, 6) is -0.226. The summed E-state index contributed by atoms with van der Waals surface area (Å²) < 4.78 is 22.3. The maximum Gasteiger partial charge on any atom is 0.239 e. The van der Waals surface area contributed by atoms with Crippen LogP contribution in [0.2, 0.25) is 0 Å². The van der Waals surface area contributed by atoms with Crippen LogP contribution in [0, 0.1) is 0 Å². The maximum absolute atomic E-state index is 11.6. The quantitative estimate of drug-likeness (QED) is 0.668. The third-order valence-electron chi connectivity index (χ3n) is 2.43. The first kappa shape index (κ1) is 15.4. The van der Waals surface area contributed by atoms with E-state index in [4.69, 9.17) is 5.73 Å². The molecular weight excluding hydrogens is 228 g/mol. The predicted molar refractivity (Wildman–Crippen MR) is 64.8 cm³/mol. The molecule has 0 heterocycles. The van der Waals surface area contributed by atoms with Crippen LogP contribution in [-0.2, 0) is 14.6 Å². The van der Waals surface area contributed by atoms with Gasteiger partial charge in [0.25, 0.3) is 0 Å². The molecule has 5 nitrogen and oxygen atoms in total. The van der Waals surface area contributed by atoms with Gasteiger partial charge in [-0.1, -0.05) is 20.3 Å². The molecule has 0 aromatic carbocycles. The van der Waals surface area contributed by atoms with Crippen LogP contribution in [0.3, 0.4) is 0 Å². The molecule has 0 saturated heterocycles. The van der Waals surface area contributed by atoms with E-state index >= 15 is 0 Å². The Hall–Kier alpha value is -0.620. The highest BCUT2D eigenvalue weighted by molar-refractivity contribution is 7.91. The van der Waals surface area contributed by atoms with Gasteiger partial charge in [-0.3, -0.25) is 4.79 Å². The lowest BCUT2D eigenvalue weighted by Gasteiger charge is -2.22. The summed E-state index contributed by atoms with van der Waals surface area (Å²) in [6, 6.07) is 0. The second-order valence-electron chi connectivity index (χ2n) is 4.16. The molecule has 1 amide bonds. The summed E-state index contributed by atoms with van der Waals surface area (Å²) in [4.78, 5) is 11.6. The largest absolute Gasteiger partial charge is 0.353 e. The van der Waals surface area contributed by atoms with Crippen LogP contribution in [-0.4, -0.2) is 37.9 Å². The smallest absolute Gasteiger partial charge is 0.239 e. The van der Waals surface area contributed by atoms with E-state index in [9.17, 15) is 13.2 Å². The summed E-state index contributed by atoms with van der Waals surface area (Å²) in [7, 11) is -3.03. The molecular formula is C10H22N2O3S. The van der Waals surface area contributed by atoms with Gasteiger partial charge >= 0.3 is 0 Å². The zero-order chi connectivity index (χ0) is 12.8.